The van der Waals surface area contributed by atoms with Crippen LogP contribution in [-0.2, 0) is 9.84 Å². The van der Waals surface area contributed by atoms with Gasteiger partial charge in [0, 0.05) is 19.3 Å². The lowest BCUT2D eigenvalue weighted by Crippen LogP contribution is -2.26. The first-order chi connectivity index (χ1) is 7.97. The fourth-order valence-corrected chi connectivity index (χ4v) is 1.77. The van der Waals surface area contributed by atoms with Crippen molar-refractivity contribution in [2.75, 3.05) is 31.7 Å². The fraction of sp³-hybridized carbons (Fsp3) is 0.500. The molecule has 0 unspecified atom stereocenters. The molecular formula is C12H19NO3S. The van der Waals surface area contributed by atoms with Crippen LogP contribution in [0.25, 0.3) is 0 Å². The minimum Gasteiger partial charge on any atom is -0.492 e. The fourth-order valence-electron chi connectivity index (χ4n) is 1.26. The number of aryl methyl sites for hydroxylation is 1. The maximum Gasteiger partial charge on any atom is 0.148 e. The highest BCUT2D eigenvalue weighted by Crippen LogP contribution is 2.10. The monoisotopic (exact) mass is 257 g/mol. The van der Waals surface area contributed by atoms with E-state index in [1.165, 1.54) is 11.8 Å². The lowest BCUT2D eigenvalue weighted by Gasteiger charge is -2.07. The normalized spacial score (nSPS) is 11.4. The van der Waals surface area contributed by atoms with Gasteiger partial charge in [0.05, 0.1) is 5.75 Å². The van der Waals surface area contributed by atoms with Gasteiger partial charge in [-0.2, -0.15) is 0 Å². The highest BCUT2D eigenvalue weighted by atomic mass is 32.2. The Hall–Kier alpha value is -1.07. The van der Waals surface area contributed by atoms with E-state index in [0.717, 1.165) is 5.75 Å². The number of benzene rings is 1. The molecule has 0 spiro atoms. The van der Waals surface area contributed by atoms with Crippen LogP contribution in [0.1, 0.15) is 5.56 Å². The van der Waals surface area contributed by atoms with Crippen LogP contribution < -0.4 is 10.1 Å². The van der Waals surface area contributed by atoms with Crippen molar-refractivity contribution in [2.45, 2.75) is 6.92 Å². The van der Waals surface area contributed by atoms with E-state index in [1.54, 1.807) is 0 Å². The molecule has 0 aromatic heterocycles. The predicted octanol–water partition coefficient (Wildman–Crippen LogP) is 1.01. The van der Waals surface area contributed by atoms with Crippen molar-refractivity contribution in [3.05, 3.63) is 29.8 Å². The van der Waals surface area contributed by atoms with Gasteiger partial charge in [-0.15, -0.1) is 0 Å². The van der Waals surface area contributed by atoms with Crippen LogP contribution in [0, 0.1) is 6.92 Å². The minimum atomic E-state index is -2.87. The van der Waals surface area contributed by atoms with E-state index in [1.807, 2.05) is 31.2 Å². The van der Waals surface area contributed by atoms with Crippen LogP contribution in [0.4, 0.5) is 0 Å². The average Bonchev–Trinajstić information content (AvgIpc) is 2.24. The van der Waals surface area contributed by atoms with Crippen LogP contribution in [0.15, 0.2) is 24.3 Å². The van der Waals surface area contributed by atoms with Crippen molar-refractivity contribution < 1.29 is 13.2 Å². The van der Waals surface area contributed by atoms with Gasteiger partial charge in [-0.3, -0.25) is 0 Å². The van der Waals surface area contributed by atoms with Crippen LogP contribution in [-0.4, -0.2) is 40.1 Å². The zero-order valence-electron chi connectivity index (χ0n) is 10.3. The summed E-state index contributed by atoms with van der Waals surface area (Å²) >= 11 is 0. The van der Waals surface area contributed by atoms with Crippen molar-refractivity contribution in [3.8, 4) is 5.75 Å². The second-order valence-corrected chi connectivity index (χ2v) is 6.30. The zero-order chi connectivity index (χ0) is 12.7. The van der Waals surface area contributed by atoms with Gasteiger partial charge in [0.2, 0.25) is 0 Å². The third-order valence-electron chi connectivity index (χ3n) is 2.22. The predicted molar refractivity (Wildman–Crippen MR) is 69.3 cm³/mol. The Morgan fingerprint density at radius 2 is 1.82 bits per heavy atom. The largest absolute Gasteiger partial charge is 0.492 e. The Bertz CT molecular complexity index is 426. The summed E-state index contributed by atoms with van der Waals surface area (Å²) in [5, 5.41) is 3.02. The summed E-state index contributed by atoms with van der Waals surface area (Å²) in [6.07, 6.45) is 1.23. The minimum absolute atomic E-state index is 0.164. The summed E-state index contributed by atoms with van der Waals surface area (Å²) in [6.45, 7) is 3.67. The van der Waals surface area contributed by atoms with Gasteiger partial charge in [0.15, 0.2) is 0 Å². The molecule has 4 nitrogen and oxygen atoms in total. The van der Waals surface area contributed by atoms with Crippen LogP contribution in [0.3, 0.4) is 0 Å². The molecule has 96 valence electrons. The molecule has 1 aromatic carbocycles. The van der Waals surface area contributed by atoms with Gasteiger partial charge < -0.3 is 10.1 Å². The van der Waals surface area contributed by atoms with Crippen molar-refractivity contribution in [1.29, 1.82) is 0 Å². The van der Waals surface area contributed by atoms with Crippen molar-refractivity contribution in [1.82, 2.24) is 5.32 Å². The molecule has 0 bridgehead atoms. The first kappa shape index (κ1) is 14.0. The Morgan fingerprint density at radius 3 is 2.41 bits per heavy atom. The smallest absolute Gasteiger partial charge is 0.148 e. The SMILES string of the molecule is Cc1ccc(OCCNCCS(C)(=O)=O)cc1. The van der Waals surface area contributed by atoms with E-state index in [4.69, 9.17) is 4.74 Å². The molecule has 0 atom stereocenters. The highest BCUT2D eigenvalue weighted by molar-refractivity contribution is 7.90. The quantitative estimate of drug-likeness (QED) is 0.741. The molecule has 0 amide bonds. The van der Waals surface area contributed by atoms with Gasteiger partial charge in [0.1, 0.15) is 22.2 Å². The average molecular weight is 257 g/mol. The maximum absolute atomic E-state index is 10.8. The molecule has 1 aromatic rings. The molecule has 17 heavy (non-hydrogen) atoms. The van der Waals surface area contributed by atoms with Gasteiger partial charge in [0.25, 0.3) is 0 Å². The summed E-state index contributed by atoms with van der Waals surface area (Å²) in [5.41, 5.74) is 1.20. The third-order valence-corrected chi connectivity index (χ3v) is 3.16. The Morgan fingerprint density at radius 1 is 1.18 bits per heavy atom. The molecule has 5 heteroatoms. The molecule has 0 aliphatic rings. The number of hydrogen-bond acceptors (Lipinski definition) is 4. The third kappa shape index (κ3) is 6.97. The number of nitrogens with one attached hydrogen (secondary N) is 1. The summed E-state index contributed by atoms with van der Waals surface area (Å²) < 4.78 is 27.2. The van der Waals surface area contributed by atoms with Crippen LogP contribution in [0.5, 0.6) is 5.75 Å². The van der Waals surface area contributed by atoms with Crippen LogP contribution in [0.2, 0.25) is 0 Å². The zero-order valence-corrected chi connectivity index (χ0v) is 11.1. The van der Waals surface area contributed by atoms with E-state index >= 15 is 0 Å². The standard InChI is InChI=1S/C12H19NO3S/c1-11-3-5-12(6-4-11)16-9-7-13-8-10-17(2,14)15/h3-6,13H,7-10H2,1-2H3. The molecular weight excluding hydrogens is 238 g/mol. The summed E-state index contributed by atoms with van der Waals surface area (Å²) in [4.78, 5) is 0. The first-order valence-corrected chi connectivity index (χ1v) is 7.61. The lowest BCUT2D eigenvalue weighted by atomic mass is 10.2. The number of sulfone groups is 1. The Labute approximate surface area is 103 Å². The van der Waals surface area contributed by atoms with E-state index in [2.05, 4.69) is 5.32 Å². The number of hydrogen-bond donors (Lipinski definition) is 1. The van der Waals surface area contributed by atoms with Gasteiger partial charge in [-0.05, 0) is 19.1 Å². The van der Waals surface area contributed by atoms with E-state index in [9.17, 15) is 8.42 Å². The molecule has 1 rings (SSSR count). The van der Waals surface area contributed by atoms with Crippen molar-refractivity contribution in [3.63, 3.8) is 0 Å². The summed E-state index contributed by atoms with van der Waals surface area (Å²) in [6, 6.07) is 7.83. The molecule has 0 heterocycles. The molecule has 0 saturated carbocycles. The molecule has 0 saturated heterocycles. The van der Waals surface area contributed by atoms with Crippen molar-refractivity contribution >= 4 is 9.84 Å². The van der Waals surface area contributed by atoms with Gasteiger partial charge in [-0.1, -0.05) is 17.7 Å². The molecule has 1 N–H and O–H groups in total. The van der Waals surface area contributed by atoms with E-state index in [0.29, 0.717) is 19.7 Å². The Kier molecular flexibility index (Phi) is 5.44. The summed E-state index contributed by atoms with van der Waals surface area (Å²) in [5.74, 6) is 0.998. The van der Waals surface area contributed by atoms with E-state index < -0.39 is 9.84 Å². The second kappa shape index (κ2) is 6.61. The number of ether oxygens (including phenoxy) is 1. The lowest BCUT2D eigenvalue weighted by molar-refractivity contribution is 0.315. The molecule has 0 aliphatic carbocycles. The number of rotatable bonds is 7. The van der Waals surface area contributed by atoms with Crippen LogP contribution >= 0.6 is 0 Å². The second-order valence-electron chi connectivity index (χ2n) is 4.04. The highest BCUT2D eigenvalue weighted by Gasteiger charge is 2.00. The molecule has 0 radical (unpaired) electrons. The topological polar surface area (TPSA) is 55.4 Å². The van der Waals surface area contributed by atoms with E-state index in [-0.39, 0.29) is 5.75 Å². The molecule has 0 fully saturated rings. The van der Waals surface area contributed by atoms with Crippen molar-refractivity contribution in [2.24, 2.45) is 0 Å². The first-order valence-electron chi connectivity index (χ1n) is 5.55. The summed E-state index contributed by atoms with van der Waals surface area (Å²) in [7, 11) is -2.87. The van der Waals surface area contributed by atoms with Gasteiger partial charge >= 0.3 is 0 Å². The maximum atomic E-state index is 10.8. The molecule has 0 aliphatic heterocycles. The van der Waals surface area contributed by atoms with Gasteiger partial charge in [-0.25, -0.2) is 8.42 Å². The Balaban J connectivity index is 2.10.